The Balaban J connectivity index is 2.28. The molecule has 0 aliphatic carbocycles. The van der Waals surface area contributed by atoms with Gasteiger partial charge in [-0.3, -0.25) is 4.79 Å². The molecule has 0 aliphatic rings. The molecule has 0 fully saturated rings. The van der Waals surface area contributed by atoms with Crippen LogP contribution in [0.2, 0.25) is 0 Å². The van der Waals surface area contributed by atoms with Crippen LogP contribution in [0.15, 0.2) is 29.4 Å². The van der Waals surface area contributed by atoms with E-state index in [4.69, 9.17) is 28.4 Å². The molecule has 0 aliphatic heterocycles. The first-order chi connectivity index (χ1) is 15.5. The molecule has 9 nitrogen and oxygen atoms in total. The molecule has 1 amide bonds. The molecule has 174 valence electrons. The van der Waals surface area contributed by atoms with Gasteiger partial charge in [-0.15, -0.1) is 0 Å². The molecular formula is C23H30N2O7. The Kier molecular flexibility index (Phi) is 9.46. The average molecular weight is 447 g/mol. The predicted octanol–water partition coefficient (Wildman–Crippen LogP) is 3.67. The standard InChI is InChI=1S/C23H30N2O7/c1-7-30-19-12-16(13-20(31-8-2)22(19)32-9-3)23(26)25-24-14-15-10-17(27-4)21(29-6)18(11-15)28-5/h10-14H,7-9H2,1-6H3,(H,25,26)/b24-14-. The van der Waals surface area contributed by atoms with Gasteiger partial charge < -0.3 is 28.4 Å². The molecule has 1 N–H and O–H groups in total. The smallest absolute Gasteiger partial charge is 0.271 e. The Morgan fingerprint density at radius 3 is 1.75 bits per heavy atom. The van der Waals surface area contributed by atoms with Crippen molar-refractivity contribution in [2.45, 2.75) is 20.8 Å². The Bertz CT molecular complexity index is 892. The largest absolute Gasteiger partial charge is 0.493 e. The van der Waals surface area contributed by atoms with Gasteiger partial charge in [0.15, 0.2) is 23.0 Å². The minimum atomic E-state index is -0.432. The van der Waals surface area contributed by atoms with Crippen molar-refractivity contribution in [3.8, 4) is 34.5 Å². The maximum Gasteiger partial charge on any atom is 0.271 e. The number of rotatable bonds is 12. The zero-order valence-electron chi connectivity index (χ0n) is 19.3. The molecule has 0 atom stereocenters. The summed E-state index contributed by atoms with van der Waals surface area (Å²) in [5, 5.41) is 4.04. The van der Waals surface area contributed by atoms with Crippen LogP contribution < -0.4 is 33.8 Å². The molecule has 32 heavy (non-hydrogen) atoms. The normalized spacial score (nSPS) is 10.6. The van der Waals surface area contributed by atoms with E-state index in [0.29, 0.717) is 65.4 Å². The molecule has 0 unspecified atom stereocenters. The lowest BCUT2D eigenvalue weighted by molar-refractivity contribution is 0.0954. The van der Waals surface area contributed by atoms with Gasteiger partial charge in [0.2, 0.25) is 11.5 Å². The van der Waals surface area contributed by atoms with Crippen molar-refractivity contribution in [2.24, 2.45) is 5.10 Å². The fourth-order valence-electron chi connectivity index (χ4n) is 2.93. The number of hydrogen-bond donors (Lipinski definition) is 1. The second-order valence-electron chi connectivity index (χ2n) is 6.26. The number of amides is 1. The van der Waals surface area contributed by atoms with E-state index in [-0.39, 0.29) is 0 Å². The summed E-state index contributed by atoms with van der Waals surface area (Å²) >= 11 is 0. The van der Waals surface area contributed by atoms with Gasteiger partial charge in [0.25, 0.3) is 5.91 Å². The van der Waals surface area contributed by atoms with Crippen LogP contribution in [0.4, 0.5) is 0 Å². The van der Waals surface area contributed by atoms with Crippen molar-refractivity contribution < 1.29 is 33.2 Å². The Morgan fingerprint density at radius 1 is 0.781 bits per heavy atom. The molecule has 9 heteroatoms. The minimum Gasteiger partial charge on any atom is -0.493 e. The van der Waals surface area contributed by atoms with Crippen LogP contribution in [0.5, 0.6) is 34.5 Å². The van der Waals surface area contributed by atoms with E-state index in [1.807, 2.05) is 20.8 Å². The third-order valence-corrected chi connectivity index (χ3v) is 4.24. The Labute approximate surface area is 188 Å². The predicted molar refractivity (Wildman–Crippen MR) is 121 cm³/mol. The number of methoxy groups -OCH3 is 3. The van der Waals surface area contributed by atoms with Crippen LogP contribution in [0.1, 0.15) is 36.7 Å². The number of carbonyl (C=O) groups is 1. The fraction of sp³-hybridized carbons (Fsp3) is 0.391. The molecule has 0 bridgehead atoms. The van der Waals surface area contributed by atoms with Gasteiger partial charge in [0, 0.05) is 11.1 Å². The summed E-state index contributed by atoms with van der Waals surface area (Å²) < 4.78 is 32.9. The van der Waals surface area contributed by atoms with E-state index < -0.39 is 5.91 Å². The maximum absolute atomic E-state index is 12.7. The molecule has 0 saturated heterocycles. The van der Waals surface area contributed by atoms with Crippen LogP contribution in [0.3, 0.4) is 0 Å². The highest BCUT2D eigenvalue weighted by Crippen LogP contribution is 2.39. The van der Waals surface area contributed by atoms with Crippen molar-refractivity contribution in [1.29, 1.82) is 0 Å². The highest BCUT2D eigenvalue weighted by Gasteiger charge is 2.18. The molecular weight excluding hydrogens is 416 g/mol. The summed E-state index contributed by atoms with van der Waals surface area (Å²) in [4.78, 5) is 12.7. The third kappa shape index (κ3) is 5.96. The van der Waals surface area contributed by atoms with E-state index in [1.165, 1.54) is 27.5 Å². The minimum absolute atomic E-state index is 0.322. The highest BCUT2D eigenvalue weighted by molar-refractivity contribution is 5.96. The van der Waals surface area contributed by atoms with E-state index in [9.17, 15) is 4.79 Å². The summed E-state index contributed by atoms with van der Waals surface area (Å²) in [7, 11) is 4.58. The van der Waals surface area contributed by atoms with Crippen molar-refractivity contribution >= 4 is 12.1 Å². The van der Waals surface area contributed by atoms with Crippen LogP contribution in [0.25, 0.3) is 0 Å². The average Bonchev–Trinajstić information content (AvgIpc) is 2.80. The topological polar surface area (TPSA) is 96.8 Å². The molecule has 0 saturated carbocycles. The van der Waals surface area contributed by atoms with Crippen molar-refractivity contribution in [3.05, 3.63) is 35.4 Å². The number of hydrogen-bond acceptors (Lipinski definition) is 8. The van der Waals surface area contributed by atoms with Gasteiger partial charge >= 0.3 is 0 Å². The van der Waals surface area contributed by atoms with E-state index in [2.05, 4.69) is 10.5 Å². The lowest BCUT2D eigenvalue weighted by atomic mass is 10.1. The highest BCUT2D eigenvalue weighted by atomic mass is 16.5. The fourth-order valence-corrected chi connectivity index (χ4v) is 2.93. The molecule has 0 radical (unpaired) electrons. The first-order valence-electron chi connectivity index (χ1n) is 10.2. The van der Waals surface area contributed by atoms with Gasteiger partial charge in [0.1, 0.15) is 0 Å². The van der Waals surface area contributed by atoms with Crippen LogP contribution in [0, 0.1) is 0 Å². The zero-order valence-corrected chi connectivity index (χ0v) is 19.3. The Morgan fingerprint density at radius 2 is 1.31 bits per heavy atom. The second-order valence-corrected chi connectivity index (χ2v) is 6.26. The number of benzene rings is 2. The second kappa shape index (κ2) is 12.3. The van der Waals surface area contributed by atoms with Crippen LogP contribution >= 0.6 is 0 Å². The van der Waals surface area contributed by atoms with Crippen LogP contribution in [-0.2, 0) is 0 Å². The quantitative estimate of drug-likeness (QED) is 0.392. The molecule has 0 spiro atoms. The maximum atomic E-state index is 12.7. The SMILES string of the molecule is CCOc1cc(C(=O)N/N=C\c2cc(OC)c(OC)c(OC)c2)cc(OCC)c1OCC. The van der Waals surface area contributed by atoms with Gasteiger partial charge in [-0.25, -0.2) is 5.43 Å². The summed E-state index contributed by atoms with van der Waals surface area (Å²) in [6.07, 6.45) is 1.48. The van der Waals surface area contributed by atoms with E-state index >= 15 is 0 Å². The van der Waals surface area contributed by atoms with Crippen molar-refractivity contribution in [1.82, 2.24) is 5.43 Å². The number of hydrazone groups is 1. The number of ether oxygens (including phenoxy) is 6. The lowest BCUT2D eigenvalue weighted by Gasteiger charge is -2.16. The molecule has 2 aromatic rings. The summed E-state index contributed by atoms with van der Waals surface area (Å²) in [6.45, 7) is 6.83. The summed E-state index contributed by atoms with van der Waals surface area (Å²) in [6, 6.07) is 6.63. The van der Waals surface area contributed by atoms with Crippen molar-refractivity contribution in [2.75, 3.05) is 41.2 Å². The summed E-state index contributed by atoms with van der Waals surface area (Å²) in [5.74, 6) is 2.32. The zero-order chi connectivity index (χ0) is 23.5. The monoisotopic (exact) mass is 446 g/mol. The first-order valence-corrected chi connectivity index (χ1v) is 10.2. The summed E-state index contributed by atoms with van der Waals surface area (Å²) in [5.41, 5.74) is 3.48. The molecule has 2 aromatic carbocycles. The molecule has 0 heterocycles. The van der Waals surface area contributed by atoms with E-state index in [1.54, 1.807) is 24.3 Å². The van der Waals surface area contributed by atoms with Gasteiger partial charge in [-0.2, -0.15) is 5.10 Å². The van der Waals surface area contributed by atoms with Crippen LogP contribution in [-0.4, -0.2) is 53.3 Å². The van der Waals surface area contributed by atoms with E-state index in [0.717, 1.165) is 0 Å². The van der Waals surface area contributed by atoms with Gasteiger partial charge in [0.05, 0.1) is 47.4 Å². The Hall–Kier alpha value is -3.62. The number of nitrogens with zero attached hydrogens (tertiary/aromatic N) is 1. The number of nitrogens with one attached hydrogen (secondary N) is 1. The molecule has 0 aromatic heterocycles. The molecule has 2 rings (SSSR count). The van der Waals surface area contributed by atoms with Gasteiger partial charge in [-0.05, 0) is 45.0 Å². The first kappa shape index (κ1) is 24.6. The third-order valence-electron chi connectivity index (χ3n) is 4.24. The number of carbonyl (C=O) groups excluding carboxylic acids is 1. The van der Waals surface area contributed by atoms with Crippen molar-refractivity contribution in [3.63, 3.8) is 0 Å². The van der Waals surface area contributed by atoms with Gasteiger partial charge in [-0.1, -0.05) is 0 Å². The lowest BCUT2D eigenvalue weighted by Crippen LogP contribution is -2.18.